The van der Waals surface area contributed by atoms with Crippen molar-refractivity contribution in [3.63, 3.8) is 0 Å². The predicted molar refractivity (Wildman–Crippen MR) is 99.6 cm³/mol. The number of nitrogens with zero attached hydrogens (tertiary/aromatic N) is 1. The summed E-state index contributed by atoms with van der Waals surface area (Å²) < 4.78 is 0. The highest BCUT2D eigenvalue weighted by Gasteiger charge is 2.62. The number of rotatable bonds is 2. The zero-order valence-electron chi connectivity index (χ0n) is 14.4. The predicted octanol–water partition coefficient (Wildman–Crippen LogP) is 3.19. The first-order chi connectivity index (χ1) is 12.3. The summed E-state index contributed by atoms with van der Waals surface area (Å²) in [5.74, 6) is 0.969. The molecule has 1 unspecified atom stereocenters. The molecule has 1 atom stereocenters. The molecule has 0 saturated carbocycles. The Morgan fingerprint density at radius 1 is 0.880 bits per heavy atom. The highest BCUT2D eigenvalue weighted by Crippen LogP contribution is 2.52. The van der Waals surface area contributed by atoms with Gasteiger partial charge in [0.2, 0.25) is 5.91 Å². The molecule has 1 aliphatic carbocycles. The van der Waals surface area contributed by atoms with Gasteiger partial charge in [-0.15, -0.1) is 0 Å². The second-order valence-electron chi connectivity index (χ2n) is 7.78. The summed E-state index contributed by atoms with van der Waals surface area (Å²) in [5.41, 5.74) is 3.97. The number of para-hydroxylation sites is 1. The molecule has 2 aromatic rings. The zero-order valence-corrected chi connectivity index (χ0v) is 14.4. The third-order valence-electron chi connectivity index (χ3n) is 6.55. The molecule has 2 aromatic carbocycles. The van der Waals surface area contributed by atoms with Crippen molar-refractivity contribution < 1.29 is 4.79 Å². The SMILES string of the molecule is O=C1C(C2Cc3ccccc3C2)C2(CCNCC2)N1c1ccccc1. The molecule has 5 rings (SSSR count). The maximum Gasteiger partial charge on any atom is 0.233 e. The molecule has 1 amide bonds. The zero-order chi connectivity index (χ0) is 16.9. The van der Waals surface area contributed by atoms with E-state index in [2.05, 4.69) is 46.6 Å². The van der Waals surface area contributed by atoms with Crippen molar-refractivity contribution >= 4 is 11.6 Å². The minimum absolute atomic E-state index is 0.0103. The highest BCUT2D eigenvalue weighted by molar-refractivity contribution is 6.05. The molecule has 3 aliphatic rings. The van der Waals surface area contributed by atoms with Gasteiger partial charge in [0, 0.05) is 5.69 Å². The molecule has 3 nitrogen and oxygen atoms in total. The third-order valence-corrected chi connectivity index (χ3v) is 6.55. The smallest absolute Gasteiger partial charge is 0.233 e. The van der Waals surface area contributed by atoms with E-state index in [-0.39, 0.29) is 11.5 Å². The maximum absolute atomic E-state index is 13.3. The van der Waals surface area contributed by atoms with E-state index in [0.717, 1.165) is 44.5 Å². The lowest BCUT2D eigenvalue weighted by Crippen LogP contribution is -2.75. The number of nitrogens with one attached hydrogen (secondary N) is 1. The van der Waals surface area contributed by atoms with E-state index in [0.29, 0.717) is 11.8 Å². The van der Waals surface area contributed by atoms with Crippen LogP contribution in [0.1, 0.15) is 24.0 Å². The van der Waals surface area contributed by atoms with Gasteiger partial charge in [-0.25, -0.2) is 0 Å². The number of amides is 1. The average molecular weight is 332 g/mol. The van der Waals surface area contributed by atoms with E-state index in [1.54, 1.807) is 0 Å². The van der Waals surface area contributed by atoms with Crippen molar-refractivity contribution in [3.8, 4) is 0 Å². The second kappa shape index (κ2) is 5.70. The Morgan fingerprint density at radius 2 is 1.48 bits per heavy atom. The van der Waals surface area contributed by atoms with Crippen molar-refractivity contribution in [3.05, 3.63) is 65.7 Å². The molecule has 2 heterocycles. The van der Waals surface area contributed by atoms with E-state index in [4.69, 9.17) is 0 Å². The van der Waals surface area contributed by atoms with Crippen LogP contribution in [0.5, 0.6) is 0 Å². The Labute approximate surface area is 149 Å². The summed E-state index contributed by atoms with van der Waals surface area (Å²) in [5, 5.41) is 3.49. The number of anilines is 1. The van der Waals surface area contributed by atoms with Gasteiger partial charge in [0.1, 0.15) is 0 Å². The van der Waals surface area contributed by atoms with Crippen LogP contribution in [0.4, 0.5) is 5.69 Å². The van der Waals surface area contributed by atoms with Crippen molar-refractivity contribution in [2.75, 3.05) is 18.0 Å². The normalized spacial score (nSPS) is 25.0. The number of benzene rings is 2. The molecule has 2 fully saturated rings. The summed E-state index contributed by atoms with van der Waals surface area (Å²) in [7, 11) is 0. The van der Waals surface area contributed by atoms with Gasteiger partial charge in [-0.05, 0) is 68.0 Å². The summed E-state index contributed by atoms with van der Waals surface area (Å²) >= 11 is 0. The number of hydrogen-bond donors (Lipinski definition) is 1. The first-order valence-electron chi connectivity index (χ1n) is 9.46. The first-order valence-corrected chi connectivity index (χ1v) is 9.46. The van der Waals surface area contributed by atoms with Gasteiger partial charge >= 0.3 is 0 Å². The Morgan fingerprint density at radius 3 is 2.12 bits per heavy atom. The van der Waals surface area contributed by atoms with E-state index < -0.39 is 0 Å². The molecule has 128 valence electrons. The minimum Gasteiger partial charge on any atom is -0.317 e. The van der Waals surface area contributed by atoms with Crippen LogP contribution in [0, 0.1) is 11.8 Å². The van der Waals surface area contributed by atoms with Crippen LogP contribution in [0.15, 0.2) is 54.6 Å². The minimum atomic E-state index is 0.0103. The number of piperidine rings is 1. The average Bonchev–Trinajstić information content (AvgIpc) is 3.06. The van der Waals surface area contributed by atoms with Crippen LogP contribution in [0.3, 0.4) is 0 Å². The molecule has 25 heavy (non-hydrogen) atoms. The van der Waals surface area contributed by atoms with Gasteiger partial charge in [-0.2, -0.15) is 0 Å². The first kappa shape index (κ1) is 15.2. The molecule has 1 N–H and O–H groups in total. The Kier molecular flexibility index (Phi) is 3.46. The van der Waals surface area contributed by atoms with Crippen LogP contribution >= 0.6 is 0 Å². The summed E-state index contributed by atoms with van der Waals surface area (Å²) in [6.45, 7) is 2.01. The van der Waals surface area contributed by atoms with E-state index in [1.807, 2.05) is 18.2 Å². The number of hydrogen-bond acceptors (Lipinski definition) is 2. The van der Waals surface area contributed by atoms with Crippen molar-refractivity contribution in [1.82, 2.24) is 5.32 Å². The van der Waals surface area contributed by atoms with Crippen LogP contribution in [-0.4, -0.2) is 24.5 Å². The van der Waals surface area contributed by atoms with Crippen LogP contribution in [-0.2, 0) is 17.6 Å². The van der Waals surface area contributed by atoms with Crippen molar-refractivity contribution in [2.45, 2.75) is 31.2 Å². The van der Waals surface area contributed by atoms with E-state index in [1.165, 1.54) is 11.1 Å². The molecular formula is C22H24N2O. The quantitative estimate of drug-likeness (QED) is 0.857. The van der Waals surface area contributed by atoms with E-state index >= 15 is 0 Å². The van der Waals surface area contributed by atoms with E-state index in [9.17, 15) is 4.79 Å². The molecule has 0 radical (unpaired) electrons. The Balaban J connectivity index is 1.49. The topological polar surface area (TPSA) is 32.3 Å². The Hall–Kier alpha value is -2.13. The fourth-order valence-electron chi connectivity index (χ4n) is 5.49. The largest absolute Gasteiger partial charge is 0.317 e. The lowest BCUT2D eigenvalue weighted by Gasteiger charge is -2.61. The summed E-state index contributed by atoms with van der Waals surface area (Å²) in [4.78, 5) is 15.4. The second-order valence-corrected chi connectivity index (χ2v) is 7.78. The van der Waals surface area contributed by atoms with Crippen LogP contribution < -0.4 is 10.2 Å². The van der Waals surface area contributed by atoms with Gasteiger partial charge in [0.25, 0.3) is 0 Å². The number of carbonyl (C=O) groups is 1. The van der Waals surface area contributed by atoms with Crippen molar-refractivity contribution in [2.24, 2.45) is 11.8 Å². The third kappa shape index (κ3) is 2.18. The van der Waals surface area contributed by atoms with Gasteiger partial charge in [-0.3, -0.25) is 4.79 Å². The molecule has 2 saturated heterocycles. The standard InChI is InChI=1S/C22H24N2O/c25-21-20(18-14-16-6-4-5-7-17(16)15-18)22(10-12-23-13-11-22)24(21)19-8-2-1-3-9-19/h1-9,18,20,23H,10-15H2. The van der Waals surface area contributed by atoms with Crippen LogP contribution in [0.25, 0.3) is 0 Å². The number of β-lactam (4-membered cyclic amide) rings is 1. The molecule has 2 aliphatic heterocycles. The van der Waals surface area contributed by atoms with Crippen molar-refractivity contribution in [1.29, 1.82) is 0 Å². The van der Waals surface area contributed by atoms with Gasteiger partial charge in [0.05, 0.1) is 11.5 Å². The lowest BCUT2D eigenvalue weighted by molar-refractivity contribution is -0.140. The molecule has 3 heteroatoms. The Bertz CT molecular complexity index is 770. The summed E-state index contributed by atoms with van der Waals surface area (Å²) in [6, 6.07) is 19.0. The molecular weight excluding hydrogens is 308 g/mol. The lowest BCUT2D eigenvalue weighted by atomic mass is 9.61. The molecule has 0 bridgehead atoms. The highest BCUT2D eigenvalue weighted by atomic mass is 16.2. The van der Waals surface area contributed by atoms with Gasteiger partial charge in [-0.1, -0.05) is 42.5 Å². The van der Waals surface area contributed by atoms with Crippen LogP contribution in [0.2, 0.25) is 0 Å². The molecule has 0 aromatic heterocycles. The fraction of sp³-hybridized carbons (Fsp3) is 0.409. The maximum atomic E-state index is 13.3. The van der Waals surface area contributed by atoms with Gasteiger partial charge < -0.3 is 10.2 Å². The number of fused-ring (bicyclic) bond motifs is 1. The van der Waals surface area contributed by atoms with Gasteiger partial charge in [0.15, 0.2) is 0 Å². The monoisotopic (exact) mass is 332 g/mol. The summed E-state index contributed by atoms with van der Waals surface area (Å²) in [6.07, 6.45) is 4.24. The molecule has 1 spiro atoms. The fourth-order valence-corrected chi connectivity index (χ4v) is 5.49. The number of carbonyl (C=O) groups excluding carboxylic acids is 1.